The zero-order chi connectivity index (χ0) is 22.3. The van der Waals surface area contributed by atoms with Crippen molar-refractivity contribution < 1.29 is 32.5 Å². The number of rotatable bonds is 9. The molecule has 2 rings (SSSR count). The van der Waals surface area contributed by atoms with Gasteiger partial charge in [0.25, 0.3) is 5.91 Å². The standard InChI is InChI=1S/C21H31F3N2O4/c1-15(2)19(27)14-25-7-10-30-18(12-25)13-26(8-9-29-3)20(28)16-5-4-6-17(11-16)21(22,23)24/h4-6,11,15,18-19,27H,7-10,12-14H2,1-3H3. The molecule has 0 aliphatic carbocycles. The number of morpholine rings is 1. The molecule has 0 radical (unpaired) electrons. The van der Waals surface area contributed by atoms with Gasteiger partial charge in [0.2, 0.25) is 0 Å². The van der Waals surface area contributed by atoms with Crippen molar-refractivity contribution >= 4 is 5.91 Å². The first kappa shape index (κ1) is 24.6. The van der Waals surface area contributed by atoms with Gasteiger partial charge < -0.3 is 19.5 Å². The van der Waals surface area contributed by atoms with Crippen molar-refractivity contribution in [3.63, 3.8) is 0 Å². The van der Waals surface area contributed by atoms with Gasteiger partial charge in [0.15, 0.2) is 0 Å². The summed E-state index contributed by atoms with van der Waals surface area (Å²) in [6.45, 7) is 6.80. The Morgan fingerprint density at radius 1 is 1.40 bits per heavy atom. The number of hydrogen-bond donors (Lipinski definition) is 1. The SMILES string of the molecule is COCCN(CC1CN(CC(O)C(C)C)CCO1)C(=O)c1cccc(C(F)(F)F)c1. The molecule has 1 saturated heterocycles. The molecule has 1 aliphatic rings. The van der Waals surface area contributed by atoms with Crippen molar-refractivity contribution in [3.8, 4) is 0 Å². The van der Waals surface area contributed by atoms with E-state index in [4.69, 9.17) is 9.47 Å². The summed E-state index contributed by atoms with van der Waals surface area (Å²) in [5.74, 6) is -0.368. The van der Waals surface area contributed by atoms with Crippen LogP contribution in [0, 0.1) is 5.92 Å². The zero-order valence-electron chi connectivity index (χ0n) is 17.7. The van der Waals surface area contributed by atoms with Crippen LogP contribution in [0.4, 0.5) is 13.2 Å². The number of amides is 1. The van der Waals surface area contributed by atoms with E-state index in [-0.39, 0.29) is 37.3 Å². The zero-order valence-corrected chi connectivity index (χ0v) is 17.7. The van der Waals surface area contributed by atoms with Gasteiger partial charge in [-0.1, -0.05) is 19.9 Å². The molecule has 30 heavy (non-hydrogen) atoms. The van der Waals surface area contributed by atoms with Crippen LogP contribution in [0.25, 0.3) is 0 Å². The van der Waals surface area contributed by atoms with Crippen LogP contribution in [0.5, 0.6) is 0 Å². The Hall–Kier alpha value is -1.68. The highest BCUT2D eigenvalue weighted by molar-refractivity contribution is 5.94. The second kappa shape index (κ2) is 11.1. The largest absolute Gasteiger partial charge is 0.416 e. The van der Waals surface area contributed by atoms with Gasteiger partial charge in [0.05, 0.1) is 31.0 Å². The molecule has 0 saturated carbocycles. The summed E-state index contributed by atoms with van der Waals surface area (Å²) in [6.07, 6.45) is -5.28. The first-order chi connectivity index (χ1) is 14.1. The van der Waals surface area contributed by atoms with Gasteiger partial charge in [-0.05, 0) is 24.1 Å². The average molecular weight is 432 g/mol. The molecule has 0 bridgehead atoms. The summed E-state index contributed by atoms with van der Waals surface area (Å²) >= 11 is 0. The minimum absolute atomic E-state index is 0.0242. The molecule has 0 spiro atoms. The van der Waals surface area contributed by atoms with Gasteiger partial charge in [0, 0.05) is 45.4 Å². The van der Waals surface area contributed by atoms with Crippen LogP contribution in [0.2, 0.25) is 0 Å². The fourth-order valence-electron chi connectivity index (χ4n) is 3.27. The number of alkyl halides is 3. The molecule has 1 aliphatic heterocycles. The maximum Gasteiger partial charge on any atom is 0.416 e. The Morgan fingerprint density at radius 3 is 2.77 bits per heavy atom. The average Bonchev–Trinajstić information content (AvgIpc) is 2.70. The topological polar surface area (TPSA) is 62.2 Å². The van der Waals surface area contributed by atoms with Gasteiger partial charge in [-0.2, -0.15) is 13.2 Å². The van der Waals surface area contributed by atoms with Gasteiger partial charge in [-0.25, -0.2) is 0 Å². The quantitative estimate of drug-likeness (QED) is 0.650. The van der Waals surface area contributed by atoms with Crippen LogP contribution < -0.4 is 0 Å². The van der Waals surface area contributed by atoms with Crippen molar-refractivity contribution in [2.45, 2.75) is 32.2 Å². The molecular formula is C21H31F3N2O4. The van der Waals surface area contributed by atoms with Crippen molar-refractivity contribution in [2.24, 2.45) is 5.92 Å². The number of halogens is 3. The number of carbonyl (C=O) groups excluding carboxylic acids is 1. The summed E-state index contributed by atoms with van der Waals surface area (Å²) < 4.78 is 49.9. The minimum Gasteiger partial charge on any atom is -0.392 e. The van der Waals surface area contributed by atoms with E-state index in [0.717, 1.165) is 12.1 Å². The molecule has 1 aromatic rings. The van der Waals surface area contributed by atoms with E-state index in [1.54, 1.807) is 0 Å². The predicted octanol–water partition coefficient (Wildman–Crippen LogP) is 2.51. The Balaban J connectivity index is 2.09. The van der Waals surface area contributed by atoms with Crippen molar-refractivity contribution in [2.75, 3.05) is 53.0 Å². The number of hydrogen-bond acceptors (Lipinski definition) is 5. The highest BCUT2D eigenvalue weighted by Crippen LogP contribution is 2.29. The highest BCUT2D eigenvalue weighted by Gasteiger charge is 2.32. The van der Waals surface area contributed by atoms with E-state index < -0.39 is 23.8 Å². The van der Waals surface area contributed by atoms with Crippen LogP contribution in [-0.2, 0) is 15.7 Å². The van der Waals surface area contributed by atoms with E-state index in [2.05, 4.69) is 4.90 Å². The smallest absolute Gasteiger partial charge is 0.392 e. The maximum absolute atomic E-state index is 13.0. The van der Waals surface area contributed by atoms with Crippen LogP contribution in [0.1, 0.15) is 29.8 Å². The van der Waals surface area contributed by atoms with Gasteiger partial charge >= 0.3 is 6.18 Å². The summed E-state index contributed by atoms with van der Waals surface area (Å²) in [4.78, 5) is 16.5. The lowest BCUT2D eigenvalue weighted by Gasteiger charge is -2.37. The Kier molecular flexibility index (Phi) is 9.09. The number of benzene rings is 1. The van der Waals surface area contributed by atoms with Gasteiger partial charge in [0.1, 0.15) is 0 Å². The second-order valence-electron chi connectivity index (χ2n) is 7.89. The van der Waals surface area contributed by atoms with Crippen LogP contribution in [-0.4, -0.2) is 86.1 Å². The van der Waals surface area contributed by atoms with E-state index in [1.807, 2.05) is 13.8 Å². The number of aliphatic hydroxyl groups is 1. The van der Waals surface area contributed by atoms with Crippen molar-refractivity contribution in [3.05, 3.63) is 35.4 Å². The molecule has 9 heteroatoms. The van der Waals surface area contributed by atoms with Gasteiger partial charge in [-0.3, -0.25) is 9.69 Å². The maximum atomic E-state index is 13.0. The fourth-order valence-corrected chi connectivity index (χ4v) is 3.27. The predicted molar refractivity (Wildman–Crippen MR) is 106 cm³/mol. The van der Waals surface area contributed by atoms with E-state index in [0.29, 0.717) is 26.2 Å². The first-order valence-electron chi connectivity index (χ1n) is 10.1. The minimum atomic E-state index is -4.52. The number of methoxy groups -OCH3 is 1. The molecule has 1 fully saturated rings. The molecular weight excluding hydrogens is 401 g/mol. The monoisotopic (exact) mass is 432 g/mol. The number of β-amino-alcohol motifs (C(OH)–C–C–N with tert-alkyl or cyclic N) is 1. The molecule has 1 N–H and O–H groups in total. The van der Waals surface area contributed by atoms with Crippen LogP contribution in [0.15, 0.2) is 24.3 Å². The molecule has 0 aromatic heterocycles. The molecule has 170 valence electrons. The van der Waals surface area contributed by atoms with E-state index in [9.17, 15) is 23.1 Å². The fraction of sp³-hybridized carbons (Fsp3) is 0.667. The summed E-state index contributed by atoms with van der Waals surface area (Å²) in [5, 5.41) is 10.1. The highest BCUT2D eigenvalue weighted by atomic mass is 19.4. The van der Waals surface area contributed by atoms with E-state index in [1.165, 1.54) is 24.1 Å². The normalized spacial score (nSPS) is 19.1. The molecule has 2 atom stereocenters. The third kappa shape index (κ3) is 7.23. The molecule has 2 unspecified atom stereocenters. The number of ether oxygens (including phenoxy) is 2. The summed E-state index contributed by atoms with van der Waals surface area (Å²) in [5.41, 5.74) is -0.883. The number of aliphatic hydroxyl groups excluding tert-OH is 1. The second-order valence-corrected chi connectivity index (χ2v) is 7.89. The summed E-state index contributed by atoms with van der Waals surface area (Å²) in [6, 6.07) is 4.43. The van der Waals surface area contributed by atoms with Gasteiger partial charge in [-0.15, -0.1) is 0 Å². The Morgan fingerprint density at radius 2 is 2.13 bits per heavy atom. The molecule has 1 aromatic carbocycles. The first-order valence-corrected chi connectivity index (χ1v) is 10.1. The Bertz CT molecular complexity index is 684. The third-order valence-corrected chi connectivity index (χ3v) is 5.15. The van der Waals surface area contributed by atoms with E-state index >= 15 is 0 Å². The van der Waals surface area contributed by atoms with Crippen molar-refractivity contribution in [1.29, 1.82) is 0 Å². The lowest BCUT2D eigenvalue weighted by molar-refractivity contribution is -0.137. The molecule has 1 heterocycles. The van der Waals surface area contributed by atoms with Crippen LogP contribution in [0.3, 0.4) is 0 Å². The third-order valence-electron chi connectivity index (χ3n) is 5.15. The van der Waals surface area contributed by atoms with Crippen molar-refractivity contribution in [1.82, 2.24) is 9.80 Å². The lowest BCUT2D eigenvalue weighted by atomic mass is 10.1. The number of carbonyl (C=O) groups is 1. The number of nitrogens with zero attached hydrogens (tertiary/aromatic N) is 2. The lowest BCUT2D eigenvalue weighted by Crippen LogP contribution is -2.51. The Labute approximate surface area is 175 Å². The van der Waals surface area contributed by atoms with Crippen LogP contribution >= 0.6 is 0 Å². The molecule has 1 amide bonds. The summed E-state index contributed by atoms with van der Waals surface area (Å²) in [7, 11) is 1.50. The molecule has 6 nitrogen and oxygen atoms in total.